The van der Waals surface area contributed by atoms with Crippen LogP contribution < -0.4 is 4.74 Å². The first kappa shape index (κ1) is 20.1. The molecule has 4 rings (SSSR count). The van der Waals surface area contributed by atoms with Crippen LogP contribution in [0.25, 0.3) is 0 Å². The number of carbonyl (C=O) groups excluding carboxylic acids is 1. The van der Waals surface area contributed by atoms with Crippen LogP contribution in [0.3, 0.4) is 0 Å². The van der Waals surface area contributed by atoms with Gasteiger partial charge in [0.2, 0.25) is 5.91 Å². The first-order valence-corrected chi connectivity index (χ1v) is 9.97. The highest BCUT2D eigenvalue weighted by Crippen LogP contribution is 2.26. The summed E-state index contributed by atoms with van der Waals surface area (Å²) in [6, 6.07) is 7.74. The summed E-state index contributed by atoms with van der Waals surface area (Å²) in [5.74, 6) is 1.29. The summed E-state index contributed by atoms with van der Waals surface area (Å²) in [5, 5.41) is 8.45. The van der Waals surface area contributed by atoms with Crippen molar-refractivity contribution in [2.24, 2.45) is 0 Å². The Hall–Kier alpha value is -3.23. The highest BCUT2D eigenvalue weighted by atomic mass is 19.1. The number of hydrogen-bond acceptors (Lipinski definition) is 6. The Morgan fingerprint density at radius 3 is 2.83 bits per heavy atom. The third-order valence-electron chi connectivity index (χ3n) is 5.21. The molecule has 0 spiro atoms. The van der Waals surface area contributed by atoms with Gasteiger partial charge in [0, 0.05) is 37.7 Å². The van der Waals surface area contributed by atoms with Crippen molar-refractivity contribution >= 4 is 5.91 Å². The zero-order chi connectivity index (χ0) is 21.1. The van der Waals surface area contributed by atoms with Gasteiger partial charge < -0.3 is 14.2 Å². The fourth-order valence-corrected chi connectivity index (χ4v) is 3.63. The topological polar surface area (TPSA) is 86.3 Å². The molecule has 1 amide bonds. The first-order chi connectivity index (χ1) is 14.5. The number of ether oxygens (including phenoxy) is 1. The Labute approximate surface area is 173 Å². The number of nitrogens with zero attached hydrogens (tertiary/aromatic N) is 5. The number of halogens is 1. The molecule has 2 aromatic heterocycles. The maximum absolute atomic E-state index is 12.9. The van der Waals surface area contributed by atoms with Crippen molar-refractivity contribution in [2.75, 3.05) is 13.1 Å². The molecule has 1 fully saturated rings. The third kappa shape index (κ3) is 4.67. The van der Waals surface area contributed by atoms with E-state index in [0.29, 0.717) is 43.5 Å². The van der Waals surface area contributed by atoms with Gasteiger partial charge in [-0.05, 0) is 50.6 Å². The smallest absolute Gasteiger partial charge is 0.264 e. The Morgan fingerprint density at radius 1 is 1.30 bits per heavy atom. The molecule has 3 heterocycles. The van der Waals surface area contributed by atoms with Crippen LogP contribution in [0.15, 0.2) is 34.9 Å². The van der Waals surface area contributed by atoms with E-state index in [1.165, 1.54) is 12.1 Å². The lowest BCUT2D eigenvalue weighted by molar-refractivity contribution is -0.130. The second-order valence-corrected chi connectivity index (χ2v) is 7.51. The second-order valence-electron chi connectivity index (χ2n) is 7.51. The van der Waals surface area contributed by atoms with E-state index < -0.39 is 0 Å². The number of likely N-dealkylation sites (tertiary alicyclic amines) is 1. The van der Waals surface area contributed by atoms with E-state index in [1.54, 1.807) is 12.1 Å². The van der Waals surface area contributed by atoms with Gasteiger partial charge in [-0.25, -0.2) is 4.39 Å². The number of hydrogen-bond donors (Lipinski definition) is 0. The third-order valence-corrected chi connectivity index (χ3v) is 5.21. The molecule has 3 aromatic rings. The minimum Gasteiger partial charge on any atom is -0.484 e. The van der Waals surface area contributed by atoms with Crippen LogP contribution in [0.2, 0.25) is 0 Å². The molecule has 8 nitrogen and oxygen atoms in total. The SMILES string of the molecule is Cc1cc(C)n(CCC(=O)N2CCC(c3noc(COc4ccc(F)cc4)n3)C2)n1. The summed E-state index contributed by atoms with van der Waals surface area (Å²) >= 11 is 0. The fourth-order valence-electron chi connectivity index (χ4n) is 3.63. The largest absolute Gasteiger partial charge is 0.484 e. The van der Waals surface area contributed by atoms with Gasteiger partial charge in [0.25, 0.3) is 5.89 Å². The predicted octanol–water partition coefficient (Wildman–Crippen LogP) is 3.01. The Bertz CT molecular complexity index is 1010. The number of aromatic nitrogens is 4. The Morgan fingerprint density at radius 2 is 2.10 bits per heavy atom. The van der Waals surface area contributed by atoms with Crippen molar-refractivity contribution in [2.45, 2.75) is 45.8 Å². The van der Waals surface area contributed by atoms with Crippen molar-refractivity contribution in [1.29, 1.82) is 0 Å². The summed E-state index contributed by atoms with van der Waals surface area (Å²) in [6.07, 6.45) is 1.21. The van der Waals surface area contributed by atoms with E-state index in [2.05, 4.69) is 15.2 Å². The maximum Gasteiger partial charge on any atom is 0.264 e. The van der Waals surface area contributed by atoms with Crippen LogP contribution in [0.5, 0.6) is 5.75 Å². The van der Waals surface area contributed by atoms with Gasteiger partial charge in [-0.15, -0.1) is 0 Å². The highest BCUT2D eigenvalue weighted by Gasteiger charge is 2.30. The standard InChI is InChI=1S/C21H24FN5O3/c1-14-11-15(2)27(24-14)10-8-20(28)26-9-7-16(12-26)21-23-19(30-25-21)13-29-18-5-3-17(22)4-6-18/h3-6,11,16H,7-10,12-13H2,1-2H3. The van der Waals surface area contributed by atoms with Crippen LogP contribution >= 0.6 is 0 Å². The number of benzene rings is 1. The number of carbonyl (C=O) groups is 1. The number of rotatable bonds is 7. The van der Waals surface area contributed by atoms with Crippen molar-refractivity contribution in [1.82, 2.24) is 24.8 Å². The van der Waals surface area contributed by atoms with Crippen molar-refractivity contribution < 1.29 is 18.4 Å². The molecule has 0 radical (unpaired) electrons. The number of amides is 1. The molecule has 1 aliphatic heterocycles. The highest BCUT2D eigenvalue weighted by molar-refractivity contribution is 5.76. The van der Waals surface area contributed by atoms with Crippen molar-refractivity contribution in [3.05, 3.63) is 59.3 Å². The minimum absolute atomic E-state index is 0.0472. The van der Waals surface area contributed by atoms with Gasteiger partial charge in [-0.1, -0.05) is 5.16 Å². The molecule has 1 unspecified atom stereocenters. The Kier molecular flexibility index (Phi) is 5.78. The minimum atomic E-state index is -0.322. The molecule has 0 bridgehead atoms. The molecule has 1 saturated heterocycles. The van der Waals surface area contributed by atoms with Gasteiger partial charge in [-0.2, -0.15) is 10.1 Å². The molecule has 0 aliphatic carbocycles. The van der Waals surface area contributed by atoms with Gasteiger partial charge >= 0.3 is 0 Å². The molecular weight excluding hydrogens is 389 g/mol. The van der Waals surface area contributed by atoms with Crippen molar-refractivity contribution in [3.63, 3.8) is 0 Å². The Balaban J connectivity index is 1.27. The van der Waals surface area contributed by atoms with E-state index >= 15 is 0 Å². The van der Waals surface area contributed by atoms with E-state index in [-0.39, 0.29) is 24.2 Å². The molecule has 158 valence electrons. The van der Waals surface area contributed by atoms with E-state index in [9.17, 15) is 9.18 Å². The molecule has 9 heteroatoms. The maximum atomic E-state index is 12.9. The fraction of sp³-hybridized carbons (Fsp3) is 0.429. The molecule has 1 aliphatic rings. The summed E-state index contributed by atoms with van der Waals surface area (Å²) in [5.41, 5.74) is 2.01. The molecule has 1 aromatic carbocycles. The normalized spacial score (nSPS) is 16.2. The summed E-state index contributed by atoms with van der Waals surface area (Å²) in [6.45, 7) is 5.87. The van der Waals surface area contributed by atoms with Crippen LogP contribution in [-0.2, 0) is 17.9 Å². The lowest BCUT2D eigenvalue weighted by Gasteiger charge is -2.16. The van der Waals surface area contributed by atoms with Crippen LogP contribution in [0.1, 0.15) is 41.9 Å². The quantitative estimate of drug-likeness (QED) is 0.592. The summed E-state index contributed by atoms with van der Waals surface area (Å²) in [7, 11) is 0. The summed E-state index contributed by atoms with van der Waals surface area (Å²) in [4.78, 5) is 18.8. The molecular formula is C21H24FN5O3. The van der Waals surface area contributed by atoms with Crippen LogP contribution in [0, 0.1) is 19.7 Å². The average molecular weight is 413 g/mol. The zero-order valence-electron chi connectivity index (χ0n) is 17.0. The molecule has 30 heavy (non-hydrogen) atoms. The second kappa shape index (κ2) is 8.64. The molecule has 0 N–H and O–H groups in total. The average Bonchev–Trinajstić information content (AvgIpc) is 3.45. The molecule has 1 atom stereocenters. The zero-order valence-corrected chi connectivity index (χ0v) is 17.0. The van der Waals surface area contributed by atoms with Gasteiger partial charge in [0.15, 0.2) is 12.4 Å². The number of aryl methyl sites for hydroxylation is 3. The van der Waals surface area contributed by atoms with Crippen LogP contribution in [0.4, 0.5) is 4.39 Å². The van der Waals surface area contributed by atoms with E-state index in [4.69, 9.17) is 9.26 Å². The predicted molar refractivity (Wildman–Crippen MR) is 105 cm³/mol. The van der Waals surface area contributed by atoms with Gasteiger partial charge in [0.05, 0.1) is 5.69 Å². The van der Waals surface area contributed by atoms with Gasteiger partial charge in [0.1, 0.15) is 11.6 Å². The summed E-state index contributed by atoms with van der Waals surface area (Å²) < 4.78 is 25.6. The monoisotopic (exact) mass is 413 g/mol. The van der Waals surface area contributed by atoms with E-state index in [0.717, 1.165) is 17.8 Å². The lowest BCUT2D eigenvalue weighted by atomic mass is 10.1. The van der Waals surface area contributed by atoms with Crippen LogP contribution in [-0.4, -0.2) is 43.8 Å². The lowest BCUT2D eigenvalue weighted by Crippen LogP contribution is -2.29. The van der Waals surface area contributed by atoms with Crippen molar-refractivity contribution in [3.8, 4) is 5.75 Å². The molecule has 0 saturated carbocycles. The van der Waals surface area contributed by atoms with E-state index in [1.807, 2.05) is 29.5 Å². The van der Waals surface area contributed by atoms with Gasteiger partial charge in [-0.3, -0.25) is 9.48 Å². The first-order valence-electron chi connectivity index (χ1n) is 9.97.